The first kappa shape index (κ1) is 19.8. The fourth-order valence-electron chi connectivity index (χ4n) is 1.11. The molecule has 0 aliphatic rings. The van der Waals surface area contributed by atoms with Crippen molar-refractivity contribution >= 4 is 10.1 Å². The summed E-state index contributed by atoms with van der Waals surface area (Å²) in [4.78, 5) is 0. The summed E-state index contributed by atoms with van der Waals surface area (Å²) in [5.74, 6) is -3.38. The fourth-order valence-corrected chi connectivity index (χ4v) is 1.72. The molecule has 0 bridgehead atoms. The molecule has 0 aromatic carbocycles. The van der Waals surface area contributed by atoms with Crippen molar-refractivity contribution in [3.8, 4) is 0 Å². The van der Waals surface area contributed by atoms with Crippen LogP contribution < -0.4 is 0 Å². The maximum Gasteiger partial charge on any atom is 0.398 e. The smallest absolute Gasteiger partial charge is 0.281 e. The Hall–Kier alpha value is -0.510. The molecular weight excluding hydrogens is 290 g/mol. The molecule has 0 aliphatic carbocycles. The van der Waals surface area contributed by atoms with Crippen LogP contribution in [0.2, 0.25) is 0 Å². The summed E-state index contributed by atoms with van der Waals surface area (Å²) in [6.45, 7) is 1.47. The highest BCUT2D eigenvalue weighted by Crippen LogP contribution is 2.43. The van der Waals surface area contributed by atoms with Crippen LogP contribution >= 0.6 is 0 Å². The van der Waals surface area contributed by atoms with Crippen molar-refractivity contribution in [1.82, 2.24) is 0 Å². The van der Waals surface area contributed by atoms with Gasteiger partial charge in [-0.15, -0.1) is 0 Å². The predicted octanol–water partition coefficient (Wildman–Crippen LogP) is 3.42. The van der Waals surface area contributed by atoms with E-state index in [2.05, 4.69) is 0 Å². The van der Waals surface area contributed by atoms with Crippen molar-refractivity contribution in [2.24, 2.45) is 5.92 Å². The summed E-state index contributed by atoms with van der Waals surface area (Å²) in [6, 6.07) is 0. The van der Waals surface area contributed by atoms with E-state index in [0.717, 1.165) is 0 Å². The van der Waals surface area contributed by atoms with Crippen molar-refractivity contribution in [2.45, 2.75) is 37.6 Å². The maximum absolute atomic E-state index is 12.9. The summed E-state index contributed by atoms with van der Waals surface area (Å²) in [5.41, 5.74) is 0. The van der Waals surface area contributed by atoms with Gasteiger partial charge in [0, 0.05) is 0 Å². The zero-order chi connectivity index (χ0) is 15.2. The van der Waals surface area contributed by atoms with E-state index in [-0.39, 0.29) is 12.8 Å². The highest BCUT2D eigenvalue weighted by molar-refractivity contribution is 7.86. The molecule has 0 aromatic heterocycles. The average molecular weight is 304 g/mol. The van der Waals surface area contributed by atoms with Crippen molar-refractivity contribution < 1.29 is 39.3 Å². The van der Waals surface area contributed by atoms with E-state index in [1.807, 2.05) is 0 Å². The monoisotopic (exact) mass is 304 g/mol. The molecule has 0 rings (SSSR count). The molecule has 0 saturated heterocycles. The summed E-state index contributed by atoms with van der Waals surface area (Å²) < 4.78 is 100. The molecule has 18 heavy (non-hydrogen) atoms. The van der Waals surface area contributed by atoms with E-state index in [1.165, 1.54) is 6.92 Å². The molecule has 3 nitrogen and oxygen atoms in total. The molecule has 0 fully saturated rings. The molecule has 0 aromatic rings. The topological polar surface area (TPSA) is 54.4 Å². The number of hydrogen-bond donors (Lipinski definition) is 1. The first-order chi connectivity index (χ1) is 7.94. The van der Waals surface area contributed by atoms with Gasteiger partial charge in [0.2, 0.25) is 0 Å². The molecule has 112 valence electrons. The molecule has 0 saturated carbocycles. The van der Waals surface area contributed by atoms with Crippen LogP contribution in [-0.2, 0) is 10.1 Å². The average Bonchev–Trinajstić information content (AvgIpc) is 2.17. The van der Waals surface area contributed by atoms with Crippen LogP contribution in [0, 0.1) is 5.92 Å². The van der Waals surface area contributed by atoms with Crippen molar-refractivity contribution in [2.75, 3.05) is 7.18 Å². The number of hydrogen-bond acceptors (Lipinski definition) is 2. The third kappa shape index (κ3) is 5.42. The molecule has 0 aliphatic heterocycles. The highest BCUT2D eigenvalue weighted by Gasteiger charge is 2.62. The van der Waals surface area contributed by atoms with Crippen LogP contribution in [0.4, 0.5) is 26.3 Å². The minimum Gasteiger partial charge on any atom is -0.281 e. The van der Waals surface area contributed by atoms with E-state index >= 15 is 0 Å². The molecule has 10 heteroatoms. The van der Waals surface area contributed by atoms with Gasteiger partial charge in [-0.05, 0) is 6.42 Å². The van der Waals surface area contributed by atoms with Crippen LogP contribution in [0.1, 0.15) is 26.2 Å². The largest absolute Gasteiger partial charge is 0.398 e. The Morgan fingerprint density at radius 3 is 1.72 bits per heavy atom. The summed E-state index contributed by atoms with van der Waals surface area (Å²) in [7, 11) is -5.57. The van der Waals surface area contributed by atoms with Gasteiger partial charge >= 0.3 is 21.5 Å². The van der Waals surface area contributed by atoms with Gasteiger partial charge < -0.3 is 0 Å². The van der Waals surface area contributed by atoms with Crippen molar-refractivity contribution in [3.05, 3.63) is 0 Å². The van der Waals surface area contributed by atoms with E-state index in [0.29, 0.717) is 7.18 Å². The summed E-state index contributed by atoms with van der Waals surface area (Å²) >= 11 is 0. The Labute approximate surface area is 101 Å². The highest BCUT2D eigenvalue weighted by atomic mass is 32.2. The van der Waals surface area contributed by atoms with Gasteiger partial charge in [-0.25, -0.2) is 0 Å². The Morgan fingerprint density at radius 1 is 1.11 bits per heavy atom. The molecule has 0 radical (unpaired) electrons. The standard InChI is InChI=1S/C7H11F5O3S.CH3F/c1-2-3-4-5(6(8,9)10)7(11,12)16(13,14)15;1-2/h5H,2-4H2,1H3,(H,13,14,15);1H3. The lowest BCUT2D eigenvalue weighted by atomic mass is 10.0. The molecule has 0 amide bonds. The second-order valence-corrected chi connectivity index (χ2v) is 4.77. The van der Waals surface area contributed by atoms with Crippen LogP contribution in [0.3, 0.4) is 0 Å². The number of unbranched alkanes of at least 4 members (excludes halogenated alkanes) is 1. The van der Waals surface area contributed by atoms with Gasteiger partial charge in [0.1, 0.15) is 5.92 Å². The van der Waals surface area contributed by atoms with E-state index < -0.39 is 33.9 Å². The quantitative estimate of drug-likeness (QED) is 0.625. The minimum atomic E-state index is -6.07. The third-order valence-electron chi connectivity index (χ3n) is 1.99. The predicted molar refractivity (Wildman–Crippen MR) is 52.6 cm³/mol. The Morgan fingerprint density at radius 2 is 1.50 bits per heavy atom. The van der Waals surface area contributed by atoms with E-state index in [4.69, 9.17) is 4.55 Å². The van der Waals surface area contributed by atoms with Gasteiger partial charge in [0.05, 0.1) is 7.18 Å². The lowest BCUT2D eigenvalue weighted by Gasteiger charge is -2.26. The Bertz CT molecular complexity index is 324. The lowest BCUT2D eigenvalue weighted by Crippen LogP contribution is -2.44. The third-order valence-corrected chi connectivity index (χ3v) is 2.96. The van der Waals surface area contributed by atoms with Crippen LogP contribution in [0.15, 0.2) is 0 Å². The Balaban J connectivity index is 0. The zero-order valence-electron chi connectivity index (χ0n) is 9.64. The molecular formula is C8H14F6O3S. The van der Waals surface area contributed by atoms with Crippen molar-refractivity contribution in [3.63, 3.8) is 0 Å². The summed E-state index contributed by atoms with van der Waals surface area (Å²) in [6.07, 6.45) is -6.44. The lowest BCUT2D eigenvalue weighted by molar-refractivity contribution is -0.220. The number of alkyl halides is 6. The molecule has 1 unspecified atom stereocenters. The van der Waals surface area contributed by atoms with Crippen LogP contribution in [0.5, 0.6) is 0 Å². The minimum absolute atomic E-state index is 0.203. The first-order valence-electron chi connectivity index (χ1n) is 4.74. The molecule has 1 atom stereocenters. The van der Waals surface area contributed by atoms with Crippen LogP contribution in [0.25, 0.3) is 0 Å². The second kappa shape index (κ2) is 7.17. The SMILES string of the molecule is CCCCC(C(F)(F)F)C(F)(F)S(=O)(=O)O.CF. The fraction of sp³-hybridized carbons (Fsp3) is 1.00. The zero-order valence-corrected chi connectivity index (χ0v) is 10.5. The first-order valence-corrected chi connectivity index (χ1v) is 6.18. The normalized spacial score (nSPS) is 14.7. The van der Waals surface area contributed by atoms with E-state index in [1.54, 1.807) is 0 Å². The van der Waals surface area contributed by atoms with Gasteiger partial charge in [0.25, 0.3) is 0 Å². The molecule has 0 spiro atoms. The van der Waals surface area contributed by atoms with E-state index in [9.17, 15) is 34.8 Å². The molecule has 0 heterocycles. The second-order valence-electron chi connectivity index (χ2n) is 3.27. The van der Waals surface area contributed by atoms with Gasteiger partial charge in [-0.2, -0.15) is 30.4 Å². The van der Waals surface area contributed by atoms with Gasteiger partial charge in [0.15, 0.2) is 0 Å². The molecule has 1 N–H and O–H groups in total. The number of halogens is 6. The van der Waals surface area contributed by atoms with Gasteiger partial charge in [-0.1, -0.05) is 19.8 Å². The van der Waals surface area contributed by atoms with Crippen molar-refractivity contribution in [1.29, 1.82) is 0 Å². The van der Waals surface area contributed by atoms with Gasteiger partial charge in [-0.3, -0.25) is 8.94 Å². The summed E-state index contributed by atoms with van der Waals surface area (Å²) in [5, 5.41) is -5.21. The Kier molecular flexibility index (Phi) is 7.90. The number of rotatable bonds is 5. The maximum atomic E-state index is 12.9. The van der Waals surface area contributed by atoms with Crippen LogP contribution in [-0.4, -0.2) is 31.6 Å².